The molecule has 0 saturated carbocycles. The van der Waals surface area contributed by atoms with E-state index < -0.39 is 0 Å². The van der Waals surface area contributed by atoms with Crippen LogP contribution in [0, 0.1) is 0 Å². The normalized spacial score (nSPS) is 18.5. The molecule has 1 saturated heterocycles. The van der Waals surface area contributed by atoms with Gasteiger partial charge in [0.25, 0.3) is 5.91 Å². The van der Waals surface area contributed by atoms with E-state index in [-0.39, 0.29) is 31.1 Å². The first-order chi connectivity index (χ1) is 13.7. The first kappa shape index (κ1) is 18.4. The Labute approximate surface area is 163 Å². The van der Waals surface area contributed by atoms with Crippen LogP contribution in [-0.4, -0.2) is 54.1 Å². The van der Waals surface area contributed by atoms with Gasteiger partial charge >= 0.3 is 0 Å². The van der Waals surface area contributed by atoms with Crippen molar-refractivity contribution in [2.24, 2.45) is 0 Å². The molecule has 0 bridgehead atoms. The van der Waals surface area contributed by atoms with Gasteiger partial charge in [-0.3, -0.25) is 14.5 Å². The highest BCUT2D eigenvalue weighted by Gasteiger charge is 2.31. The zero-order valence-electron chi connectivity index (χ0n) is 15.6. The number of carbonyl (C=O) groups is 2. The molecule has 0 aliphatic carbocycles. The van der Waals surface area contributed by atoms with Crippen LogP contribution in [0.1, 0.15) is 18.4 Å². The van der Waals surface area contributed by atoms with Gasteiger partial charge in [-0.05, 0) is 30.5 Å². The number of aromatic nitrogens is 1. The van der Waals surface area contributed by atoms with Crippen LogP contribution in [0.2, 0.25) is 0 Å². The van der Waals surface area contributed by atoms with Gasteiger partial charge in [-0.1, -0.05) is 30.3 Å². The quantitative estimate of drug-likeness (QED) is 0.766. The van der Waals surface area contributed by atoms with Gasteiger partial charge in [0, 0.05) is 25.9 Å². The number of nitrogens with zero attached hydrogens (tertiary/aromatic N) is 3. The number of hydrogen-bond donors (Lipinski definition) is 0. The average molecular weight is 381 g/mol. The minimum Gasteiger partial charge on any atom is -0.480 e. The van der Waals surface area contributed by atoms with E-state index in [1.807, 2.05) is 30.3 Å². The van der Waals surface area contributed by atoms with E-state index in [0.29, 0.717) is 24.7 Å². The molecule has 3 heterocycles. The number of fused-ring (bicyclic) bond motifs is 1. The number of rotatable bonds is 6. The Balaban J connectivity index is 1.52. The molecule has 146 valence electrons. The molecule has 28 heavy (non-hydrogen) atoms. The first-order valence-electron chi connectivity index (χ1n) is 9.52. The van der Waals surface area contributed by atoms with Crippen molar-refractivity contribution >= 4 is 17.6 Å². The van der Waals surface area contributed by atoms with Gasteiger partial charge in [0.2, 0.25) is 5.91 Å². The molecule has 2 amide bonds. The van der Waals surface area contributed by atoms with Gasteiger partial charge in [0.05, 0.1) is 6.10 Å². The van der Waals surface area contributed by atoms with E-state index in [4.69, 9.17) is 9.47 Å². The lowest BCUT2D eigenvalue weighted by atomic mass is 10.1. The van der Waals surface area contributed by atoms with E-state index in [9.17, 15) is 9.59 Å². The van der Waals surface area contributed by atoms with E-state index in [2.05, 4.69) is 4.98 Å². The van der Waals surface area contributed by atoms with Crippen LogP contribution < -0.4 is 9.64 Å². The summed E-state index contributed by atoms with van der Waals surface area (Å²) in [5, 5.41) is 0. The van der Waals surface area contributed by atoms with Crippen molar-refractivity contribution in [3.63, 3.8) is 0 Å². The Morgan fingerprint density at radius 1 is 1.21 bits per heavy atom. The van der Waals surface area contributed by atoms with Gasteiger partial charge in [-0.25, -0.2) is 4.98 Å². The Kier molecular flexibility index (Phi) is 5.53. The summed E-state index contributed by atoms with van der Waals surface area (Å²) in [5.41, 5.74) is 1.04. The lowest BCUT2D eigenvalue weighted by molar-refractivity contribution is -0.133. The van der Waals surface area contributed by atoms with Crippen LogP contribution in [0.5, 0.6) is 5.75 Å². The number of amides is 2. The second-order valence-electron chi connectivity index (χ2n) is 6.99. The van der Waals surface area contributed by atoms with Gasteiger partial charge in [-0.15, -0.1) is 0 Å². The molecule has 1 fully saturated rings. The maximum atomic E-state index is 13.2. The third-order valence-corrected chi connectivity index (χ3v) is 4.97. The zero-order chi connectivity index (χ0) is 19.3. The molecule has 1 atom stereocenters. The van der Waals surface area contributed by atoms with E-state index in [0.717, 1.165) is 25.0 Å². The summed E-state index contributed by atoms with van der Waals surface area (Å²) in [6.45, 7) is 1.58. The van der Waals surface area contributed by atoms with Crippen molar-refractivity contribution in [2.45, 2.75) is 25.5 Å². The third-order valence-electron chi connectivity index (χ3n) is 4.97. The van der Waals surface area contributed by atoms with Crippen molar-refractivity contribution in [1.82, 2.24) is 9.88 Å². The predicted octanol–water partition coefficient (Wildman–Crippen LogP) is 2.01. The smallest absolute Gasteiger partial charge is 0.266 e. The number of hydrogen-bond acceptors (Lipinski definition) is 5. The summed E-state index contributed by atoms with van der Waals surface area (Å²) >= 11 is 0. The molecule has 0 radical (unpaired) electrons. The summed E-state index contributed by atoms with van der Waals surface area (Å²) in [6.07, 6.45) is 3.58. The van der Waals surface area contributed by atoms with Gasteiger partial charge in [0.15, 0.2) is 18.2 Å². The maximum Gasteiger partial charge on any atom is 0.266 e. The standard InChI is InChI=1S/C21H23N3O4/c25-19(14-24-20(26)15-28-18-9-4-10-22-21(18)24)23(13-17-8-5-11-27-17)12-16-6-2-1-3-7-16/h1-4,6-7,9-10,17H,5,8,11-15H2. The molecular formula is C21H23N3O4. The fraction of sp³-hybridized carbons (Fsp3) is 0.381. The molecule has 1 aromatic carbocycles. The Hall–Kier alpha value is -2.93. The molecule has 0 spiro atoms. The molecule has 7 heteroatoms. The molecule has 2 aromatic rings. The van der Waals surface area contributed by atoms with Gasteiger partial charge < -0.3 is 14.4 Å². The molecule has 2 aliphatic heterocycles. The largest absolute Gasteiger partial charge is 0.480 e. The zero-order valence-corrected chi connectivity index (χ0v) is 15.6. The Morgan fingerprint density at radius 3 is 2.86 bits per heavy atom. The second-order valence-corrected chi connectivity index (χ2v) is 6.99. The molecule has 4 rings (SSSR count). The van der Waals surface area contributed by atoms with Crippen LogP contribution in [0.4, 0.5) is 5.82 Å². The monoisotopic (exact) mass is 381 g/mol. The molecule has 1 unspecified atom stereocenters. The predicted molar refractivity (Wildman–Crippen MR) is 103 cm³/mol. The van der Waals surface area contributed by atoms with Crippen LogP contribution in [-0.2, 0) is 20.9 Å². The number of anilines is 1. The Morgan fingerprint density at radius 2 is 2.07 bits per heavy atom. The van der Waals surface area contributed by atoms with Crippen molar-refractivity contribution in [3.8, 4) is 5.75 Å². The molecular weight excluding hydrogens is 358 g/mol. The highest BCUT2D eigenvalue weighted by atomic mass is 16.5. The van der Waals surface area contributed by atoms with Crippen molar-refractivity contribution < 1.29 is 19.1 Å². The third kappa shape index (κ3) is 4.14. The molecule has 1 aromatic heterocycles. The summed E-state index contributed by atoms with van der Waals surface area (Å²) < 4.78 is 11.1. The van der Waals surface area contributed by atoms with Crippen molar-refractivity contribution in [2.75, 3.05) is 31.2 Å². The lowest BCUT2D eigenvalue weighted by Crippen LogP contribution is -2.48. The fourth-order valence-electron chi connectivity index (χ4n) is 3.52. The van der Waals surface area contributed by atoms with Crippen molar-refractivity contribution in [3.05, 3.63) is 54.2 Å². The topological polar surface area (TPSA) is 72.0 Å². The van der Waals surface area contributed by atoms with Crippen LogP contribution in [0.25, 0.3) is 0 Å². The first-order valence-corrected chi connectivity index (χ1v) is 9.52. The second kappa shape index (κ2) is 8.39. The molecule has 2 aliphatic rings. The number of benzene rings is 1. The fourth-order valence-corrected chi connectivity index (χ4v) is 3.52. The number of carbonyl (C=O) groups excluding carboxylic acids is 2. The van der Waals surface area contributed by atoms with E-state index >= 15 is 0 Å². The SMILES string of the molecule is O=C(CN1C(=O)COc2cccnc21)N(Cc1ccccc1)CC1CCCO1. The van der Waals surface area contributed by atoms with E-state index in [1.54, 1.807) is 23.2 Å². The van der Waals surface area contributed by atoms with E-state index in [1.165, 1.54) is 4.90 Å². The molecule has 7 nitrogen and oxygen atoms in total. The maximum absolute atomic E-state index is 13.2. The average Bonchev–Trinajstić information content (AvgIpc) is 3.23. The van der Waals surface area contributed by atoms with Gasteiger partial charge in [-0.2, -0.15) is 0 Å². The highest BCUT2D eigenvalue weighted by molar-refractivity contribution is 6.01. The summed E-state index contributed by atoms with van der Waals surface area (Å²) in [6, 6.07) is 13.3. The van der Waals surface area contributed by atoms with Crippen molar-refractivity contribution in [1.29, 1.82) is 0 Å². The summed E-state index contributed by atoms with van der Waals surface area (Å²) in [5.74, 6) is 0.509. The number of pyridine rings is 1. The number of ether oxygens (including phenoxy) is 2. The van der Waals surface area contributed by atoms with Gasteiger partial charge in [0.1, 0.15) is 6.54 Å². The highest BCUT2D eigenvalue weighted by Crippen LogP contribution is 2.29. The summed E-state index contributed by atoms with van der Waals surface area (Å²) in [7, 11) is 0. The van der Waals surface area contributed by atoms with Crippen LogP contribution >= 0.6 is 0 Å². The Bertz CT molecular complexity index is 837. The van der Waals surface area contributed by atoms with Crippen LogP contribution in [0.3, 0.4) is 0 Å². The minimum atomic E-state index is -0.267. The summed E-state index contributed by atoms with van der Waals surface area (Å²) in [4.78, 5) is 33.0. The van der Waals surface area contributed by atoms with Crippen LogP contribution in [0.15, 0.2) is 48.7 Å². The minimum absolute atomic E-state index is 0.0402. The molecule has 0 N–H and O–H groups in total. The lowest BCUT2D eigenvalue weighted by Gasteiger charge is -2.31.